The molecule has 29 heteroatoms. The molecular weight excluding hydrogens is 938 g/mol. The number of amides is 6. The molecule has 1 aromatic rings. The van der Waals surface area contributed by atoms with Crippen molar-refractivity contribution in [3.8, 4) is 0 Å². The van der Waals surface area contributed by atoms with Crippen LogP contribution in [0.4, 0.5) is 13.2 Å². The van der Waals surface area contributed by atoms with Crippen LogP contribution in [0.25, 0.3) is 0 Å². The molecule has 6 amide bonds. The number of nitrogens with two attached hydrogens (primary N) is 10. The fraction of sp³-hybridized carbons (Fsp3) is 0.619. The molecule has 0 bridgehead atoms. The number of alkyl halides is 3. The summed E-state index contributed by atoms with van der Waals surface area (Å²) < 4.78 is 43.1. The summed E-state index contributed by atoms with van der Waals surface area (Å²) in [6.45, 7) is -2.90. The number of aliphatic imine (C=N–C) groups is 4. The predicted molar refractivity (Wildman–Crippen MR) is 264 cm³/mol. The van der Waals surface area contributed by atoms with E-state index >= 15 is 0 Å². The molecule has 22 N–H and O–H groups in total. The zero-order valence-electron chi connectivity index (χ0n) is 40.3. The molecule has 0 spiro atoms. The molecule has 0 unspecified atom stereocenters. The van der Waals surface area contributed by atoms with Crippen LogP contribution >= 0.6 is 0 Å². The van der Waals surface area contributed by atoms with E-state index in [1.54, 1.807) is 0 Å². The van der Waals surface area contributed by atoms with Crippen molar-refractivity contribution in [2.45, 2.75) is 76.6 Å². The number of unbranched alkanes of at least 4 members (excludes halogenated alkanes) is 3. The first-order valence-corrected chi connectivity index (χ1v) is 23.0. The van der Waals surface area contributed by atoms with Gasteiger partial charge in [-0.15, -0.1) is 0 Å². The van der Waals surface area contributed by atoms with Crippen molar-refractivity contribution < 1.29 is 41.9 Å². The van der Waals surface area contributed by atoms with Crippen LogP contribution in [0.1, 0.15) is 68.9 Å². The molecule has 0 aliphatic heterocycles. The van der Waals surface area contributed by atoms with E-state index in [9.17, 15) is 41.9 Å². The van der Waals surface area contributed by atoms with Crippen LogP contribution < -0.4 is 68.0 Å². The van der Waals surface area contributed by atoms with Gasteiger partial charge >= 0.3 is 6.18 Å². The van der Waals surface area contributed by atoms with Gasteiger partial charge in [-0.1, -0.05) is 31.0 Å². The SMILES string of the molecule is NCCCCCCNCC(=O)N(CCCN=C(N)N)CC(=O)N(CCCN=C(N)N)CC(=O)N(CC(=O)N(CCCN=C(N)N)CC(=O)N[C@H](CCCN=C(N)N)C(N)=O)Cc1ccccc1C(F)(F)F. The normalized spacial score (nSPS) is 11.3. The molecule has 1 rings (SSSR count). The van der Waals surface area contributed by atoms with E-state index in [-0.39, 0.29) is 108 Å². The van der Waals surface area contributed by atoms with Gasteiger partial charge in [0.25, 0.3) is 0 Å². The number of carbonyl (C=O) groups is 6. The lowest BCUT2D eigenvalue weighted by molar-refractivity contribution is -0.147. The number of hydrogen-bond donors (Lipinski definition) is 12. The average molecular weight is 1010 g/mol. The molecule has 0 saturated carbocycles. The number of guanidine groups is 4. The van der Waals surface area contributed by atoms with Crippen molar-refractivity contribution in [3.05, 3.63) is 35.4 Å². The van der Waals surface area contributed by atoms with E-state index in [1.807, 2.05) is 0 Å². The van der Waals surface area contributed by atoms with Crippen LogP contribution in [0, 0.1) is 0 Å². The lowest BCUT2D eigenvalue weighted by Gasteiger charge is -2.31. The van der Waals surface area contributed by atoms with Crippen LogP contribution in [0.2, 0.25) is 0 Å². The fourth-order valence-electron chi connectivity index (χ4n) is 6.70. The molecule has 0 aromatic heterocycles. The summed E-state index contributed by atoms with van der Waals surface area (Å²) in [5, 5.41) is 5.54. The Labute approximate surface area is 411 Å². The summed E-state index contributed by atoms with van der Waals surface area (Å²) in [5.41, 5.74) is 53.2. The van der Waals surface area contributed by atoms with Gasteiger partial charge in [0, 0.05) is 52.4 Å². The van der Waals surface area contributed by atoms with Crippen molar-refractivity contribution in [1.29, 1.82) is 0 Å². The predicted octanol–water partition coefficient (Wildman–Crippen LogP) is -4.36. The summed E-state index contributed by atoms with van der Waals surface area (Å²) in [5.74, 6) is -5.71. The van der Waals surface area contributed by atoms with Gasteiger partial charge in [0.05, 0.1) is 31.7 Å². The Balaban J connectivity index is 3.67. The molecule has 1 atom stereocenters. The Morgan fingerprint density at radius 2 is 0.986 bits per heavy atom. The number of hydrogen-bond acceptors (Lipinski definition) is 12. The Bertz CT molecular complexity index is 1950. The Kier molecular flexibility index (Phi) is 29.8. The Morgan fingerprint density at radius 3 is 1.46 bits per heavy atom. The molecule has 400 valence electrons. The minimum atomic E-state index is -4.88. The van der Waals surface area contributed by atoms with Crippen LogP contribution in [-0.4, -0.2) is 177 Å². The first kappa shape index (κ1) is 61.8. The first-order valence-electron chi connectivity index (χ1n) is 23.0. The molecule has 0 saturated heterocycles. The Hall–Kier alpha value is -7.17. The van der Waals surface area contributed by atoms with E-state index in [2.05, 4.69) is 30.6 Å². The maximum Gasteiger partial charge on any atom is 0.416 e. The van der Waals surface area contributed by atoms with Crippen molar-refractivity contribution in [1.82, 2.24) is 30.2 Å². The van der Waals surface area contributed by atoms with Gasteiger partial charge in [-0.3, -0.25) is 48.7 Å². The van der Waals surface area contributed by atoms with E-state index in [4.69, 9.17) is 57.3 Å². The zero-order valence-corrected chi connectivity index (χ0v) is 40.3. The third-order valence-electron chi connectivity index (χ3n) is 10.3. The monoisotopic (exact) mass is 1010 g/mol. The summed E-state index contributed by atoms with van der Waals surface area (Å²) in [6.07, 6.45) is -0.751. The quantitative estimate of drug-likeness (QED) is 0.0172. The number of rotatable bonds is 36. The van der Waals surface area contributed by atoms with Crippen molar-refractivity contribution >= 4 is 59.3 Å². The molecule has 0 aliphatic rings. The minimum absolute atomic E-state index is 0.00156. The number of carbonyl (C=O) groups excluding carboxylic acids is 6. The smallest absolute Gasteiger partial charge is 0.370 e. The number of nitrogens with zero attached hydrogens (tertiary/aromatic N) is 8. The van der Waals surface area contributed by atoms with Crippen LogP contribution in [0.15, 0.2) is 44.2 Å². The van der Waals surface area contributed by atoms with Gasteiger partial charge in [0.2, 0.25) is 35.4 Å². The van der Waals surface area contributed by atoms with Gasteiger partial charge in [0.15, 0.2) is 23.8 Å². The second-order valence-corrected chi connectivity index (χ2v) is 16.2. The van der Waals surface area contributed by atoms with Gasteiger partial charge in [-0.25, -0.2) is 0 Å². The first-order chi connectivity index (χ1) is 33.5. The minimum Gasteiger partial charge on any atom is -0.370 e. The second-order valence-electron chi connectivity index (χ2n) is 16.2. The highest BCUT2D eigenvalue weighted by Crippen LogP contribution is 2.32. The standard InChI is InChI=1S/C42H75F3N20O6/c43-42(44,45)30-12-4-3-11-29(30)24-65(28-35(69)62(20-8-17-58-39(50)51)25-32(66)61-31(37(47)71)13-7-16-57-38(48)49)36(70)27-64(22-10-19-60-41(54)55)34(68)26-63(21-9-18-59-40(52)53)33(67)23-56-15-6-2-1-5-14-46/h3-4,11-12,31,56H,1-2,5-10,13-28,46H2,(H2,47,71)(H,61,66)(H4,48,49,57)(H4,50,51,58)(H4,52,53,59)(H4,54,55,60)/t31-/m1/s1. The summed E-state index contributed by atoms with van der Waals surface area (Å²) in [7, 11) is 0. The van der Waals surface area contributed by atoms with E-state index < -0.39 is 91.5 Å². The van der Waals surface area contributed by atoms with E-state index in [1.165, 1.54) is 11.0 Å². The third-order valence-corrected chi connectivity index (χ3v) is 10.3. The summed E-state index contributed by atoms with van der Waals surface area (Å²) in [6, 6.07) is 3.20. The number of nitrogens with one attached hydrogen (secondary N) is 2. The number of halogens is 3. The fourth-order valence-corrected chi connectivity index (χ4v) is 6.70. The maximum absolute atomic E-state index is 14.5. The molecule has 71 heavy (non-hydrogen) atoms. The summed E-state index contributed by atoms with van der Waals surface area (Å²) >= 11 is 0. The van der Waals surface area contributed by atoms with Gasteiger partial charge < -0.3 is 87.6 Å². The van der Waals surface area contributed by atoms with Gasteiger partial charge in [0.1, 0.15) is 12.6 Å². The number of primary amides is 1. The van der Waals surface area contributed by atoms with Crippen molar-refractivity contribution in [2.75, 3.05) is 91.6 Å². The topological polar surface area (TPSA) is 449 Å². The molecule has 0 aliphatic carbocycles. The van der Waals surface area contributed by atoms with Crippen LogP contribution in [-0.2, 0) is 41.5 Å². The lowest BCUT2D eigenvalue weighted by Crippen LogP contribution is -2.52. The third kappa shape index (κ3) is 28.2. The molecule has 0 fully saturated rings. The van der Waals surface area contributed by atoms with E-state index in [0.29, 0.717) is 13.1 Å². The summed E-state index contributed by atoms with van der Waals surface area (Å²) in [4.78, 5) is 102. The maximum atomic E-state index is 14.5. The highest BCUT2D eigenvalue weighted by molar-refractivity contribution is 5.92. The molecule has 26 nitrogen and oxygen atoms in total. The molecule has 0 radical (unpaired) electrons. The van der Waals surface area contributed by atoms with Crippen LogP contribution in [0.5, 0.6) is 0 Å². The highest BCUT2D eigenvalue weighted by atomic mass is 19.4. The Morgan fingerprint density at radius 1 is 0.549 bits per heavy atom. The second kappa shape index (κ2) is 34.2. The van der Waals surface area contributed by atoms with E-state index in [0.717, 1.165) is 58.6 Å². The largest absolute Gasteiger partial charge is 0.416 e. The molecule has 1 aromatic carbocycles. The zero-order chi connectivity index (χ0) is 53.4. The van der Waals surface area contributed by atoms with Crippen molar-refractivity contribution in [3.63, 3.8) is 0 Å². The number of benzene rings is 1. The van der Waals surface area contributed by atoms with Gasteiger partial charge in [-0.05, 0) is 69.7 Å². The van der Waals surface area contributed by atoms with Crippen LogP contribution in [0.3, 0.4) is 0 Å². The highest BCUT2D eigenvalue weighted by Gasteiger charge is 2.35. The molecule has 0 heterocycles. The molecular formula is C42H75F3N20O6. The van der Waals surface area contributed by atoms with Gasteiger partial charge in [-0.2, -0.15) is 13.2 Å². The average Bonchev–Trinajstić information content (AvgIpc) is 3.28. The lowest BCUT2D eigenvalue weighted by atomic mass is 10.1. The van der Waals surface area contributed by atoms with Crippen molar-refractivity contribution in [2.24, 2.45) is 77.3 Å².